The van der Waals surface area contributed by atoms with E-state index in [2.05, 4.69) is 9.47 Å². The van der Waals surface area contributed by atoms with Crippen molar-refractivity contribution < 1.29 is 24.0 Å². The molecule has 0 N–H and O–H groups in total. The van der Waals surface area contributed by atoms with Gasteiger partial charge >= 0.3 is 11.9 Å². The zero-order chi connectivity index (χ0) is 14.4. The molecular formula is C11H10INO6. The predicted molar refractivity (Wildman–Crippen MR) is 74.9 cm³/mol. The average Bonchev–Trinajstić information content (AvgIpc) is 2.43. The zero-order valence-electron chi connectivity index (χ0n) is 10.1. The number of esters is 2. The highest BCUT2D eigenvalue weighted by Crippen LogP contribution is 2.25. The smallest absolute Gasteiger partial charge is 0.351 e. The lowest BCUT2D eigenvalue weighted by molar-refractivity contribution is -0.385. The molecule has 7 nitrogen and oxygen atoms in total. The lowest BCUT2D eigenvalue weighted by Gasteiger charge is -2.03. The number of methoxy groups -OCH3 is 2. The van der Waals surface area contributed by atoms with Crippen molar-refractivity contribution in [2.24, 2.45) is 0 Å². The monoisotopic (exact) mass is 379 g/mol. The summed E-state index contributed by atoms with van der Waals surface area (Å²) in [5, 5.41) is 10.9. The molecule has 19 heavy (non-hydrogen) atoms. The third kappa shape index (κ3) is 3.81. The summed E-state index contributed by atoms with van der Waals surface area (Å²) in [6, 6.07) is 5.95. The molecule has 0 bridgehead atoms. The van der Waals surface area contributed by atoms with Crippen LogP contribution < -0.4 is 0 Å². The molecular weight excluding hydrogens is 369 g/mol. The van der Waals surface area contributed by atoms with Gasteiger partial charge in [0.05, 0.1) is 22.7 Å². The van der Waals surface area contributed by atoms with Crippen LogP contribution in [0, 0.1) is 13.7 Å². The molecule has 102 valence electrons. The maximum Gasteiger partial charge on any atom is 0.351 e. The third-order valence-electron chi connectivity index (χ3n) is 1.97. The molecule has 1 aromatic carbocycles. The maximum absolute atomic E-state index is 11.5. The summed E-state index contributed by atoms with van der Waals surface area (Å²) in [7, 11) is 2.27. The molecule has 0 aliphatic heterocycles. The molecule has 0 amide bonds. The van der Waals surface area contributed by atoms with Crippen LogP contribution in [0.25, 0.3) is 0 Å². The fourth-order valence-corrected chi connectivity index (χ4v) is 3.62. The van der Waals surface area contributed by atoms with Crippen LogP contribution >= 0.6 is 20.7 Å². The summed E-state index contributed by atoms with van der Waals surface area (Å²) in [4.78, 5) is 33.3. The number of hydrogen-bond donors (Lipinski definition) is 0. The van der Waals surface area contributed by atoms with Crippen LogP contribution in [0.3, 0.4) is 0 Å². The lowest BCUT2D eigenvalue weighted by atomic mass is 10.3. The number of carbonyl (C=O) groups excluding carboxylic acids is 2. The van der Waals surface area contributed by atoms with Gasteiger partial charge in [-0.15, -0.1) is 0 Å². The molecule has 0 saturated carbocycles. The van der Waals surface area contributed by atoms with Gasteiger partial charge in [-0.25, -0.2) is 9.59 Å². The van der Waals surface area contributed by atoms with E-state index in [1.165, 1.54) is 18.2 Å². The highest BCUT2D eigenvalue weighted by molar-refractivity contribution is 14.2. The number of para-hydroxylation sites is 1. The molecule has 0 heterocycles. The van der Waals surface area contributed by atoms with E-state index < -0.39 is 37.6 Å². The Morgan fingerprint density at radius 2 is 1.68 bits per heavy atom. The summed E-state index contributed by atoms with van der Waals surface area (Å²) in [6.45, 7) is 0. The van der Waals surface area contributed by atoms with Gasteiger partial charge in [0, 0.05) is 6.07 Å². The SMILES string of the molecule is COC(=O)C(=Ic1ccccc1[N+](=O)[O-])C(=O)OC. The van der Waals surface area contributed by atoms with Crippen LogP contribution in [-0.2, 0) is 19.1 Å². The van der Waals surface area contributed by atoms with Gasteiger partial charge in [0.2, 0.25) is 0 Å². The quantitative estimate of drug-likeness (QED) is 0.257. The summed E-state index contributed by atoms with van der Waals surface area (Å²) in [5.74, 6) is -1.64. The van der Waals surface area contributed by atoms with E-state index in [4.69, 9.17) is 0 Å². The van der Waals surface area contributed by atoms with Crippen molar-refractivity contribution in [1.82, 2.24) is 0 Å². The highest BCUT2D eigenvalue weighted by Gasteiger charge is 2.23. The molecule has 0 aliphatic carbocycles. The first kappa shape index (κ1) is 15.2. The van der Waals surface area contributed by atoms with Gasteiger partial charge in [-0.05, 0) is 6.07 Å². The number of hydrogen-bond acceptors (Lipinski definition) is 6. The van der Waals surface area contributed by atoms with Gasteiger partial charge < -0.3 is 9.47 Å². The minimum Gasteiger partial charge on any atom is -0.465 e. The van der Waals surface area contributed by atoms with Crippen molar-refractivity contribution in [3.8, 4) is 0 Å². The Labute approximate surface area is 118 Å². The van der Waals surface area contributed by atoms with Gasteiger partial charge in [-0.3, -0.25) is 10.1 Å². The zero-order valence-corrected chi connectivity index (χ0v) is 12.2. The van der Waals surface area contributed by atoms with E-state index in [0.29, 0.717) is 3.57 Å². The van der Waals surface area contributed by atoms with E-state index in [-0.39, 0.29) is 9.20 Å². The molecule has 0 radical (unpaired) electrons. The first-order chi connectivity index (χ1) is 9.01. The van der Waals surface area contributed by atoms with Crippen LogP contribution in [0.1, 0.15) is 0 Å². The van der Waals surface area contributed by atoms with E-state index in [1.54, 1.807) is 6.07 Å². The minimum atomic E-state index is -1.36. The Bertz CT molecular complexity index is 536. The number of nitro groups is 1. The second-order valence-corrected chi connectivity index (χ2v) is 5.88. The van der Waals surface area contributed by atoms with E-state index >= 15 is 0 Å². The topological polar surface area (TPSA) is 95.7 Å². The highest BCUT2D eigenvalue weighted by atomic mass is 127. The summed E-state index contributed by atoms with van der Waals surface area (Å²) >= 11 is -1.36. The molecule has 8 heteroatoms. The van der Waals surface area contributed by atoms with Crippen molar-refractivity contribution in [1.29, 1.82) is 0 Å². The minimum absolute atomic E-state index is 0.124. The molecule has 0 spiro atoms. The molecule has 0 fully saturated rings. The van der Waals surface area contributed by atoms with Gasteiger partial charge in [0.25, 0.3) is 5.69 Å². The van der Waals surface area contributed by atoms with Gasteiger partial charge in [-0.1, -0.05) is 32.9 Å². The van der Waals surface area contributed by atoms with Crippen LogP contribution in [0.4, 0.5) is 5.69 Å². The molecule has 0 aromatic heterocycles. The summed E-state index contributed by atoms with van der Waals surface area (Å²) in [5.41, 5.74) is -0.124. The second-order valence-electron chi connectivity index (χ2n) is 3.10. The number of rotatable bonds is 4. The Morgan fingerprint density at radius 1 is 1.16 bits per heavy atom. The van der Waals surface area contributed by atoms with Crippen molar-refractivity contribution in [2.75, 3.05) is 14.2 Å². The molecule has 1 rings (SSSR count). The second kappa shape index (κ2) is 6.92. The fourth-order valence-electron chi connectivity index (χ4n) is 1.12. The van der Waals surface area contributed by atoms with E-state index in [0.717, 1.165) is 14.2 Å². The van der Waals surface area contributed by atoms with Crippen LogP contribution in [-0.4, -0.2) is 34.6 Å². The standard InChI is InChI=1S/C11H10INO6/c1-18-10(14)9(11(15)19-2)12-7-5-3-4-6-8(7)13(16)17/h3-6H,1-2H3. The molecule has 0 saturated heterocycles. The van der Waals surface area contributed by atoms with E-state index in [1.807, 2.05) is 0 Å². The summed E-state index contributed by atoms with van der Waals surface area (Å²) in [6.07, 6.45) is 0. The Morgan fingerprint density at radius 3 is 2.16 bits per heavy atom. The lowest BCUT2D eigenvalue weighted by Crippen LogP contribution is -2.24. The van der Waals surface area contributed by atoms with Gasteiger partial charge in [0.1, 0.15) is 0 Å². The normalized spacial score (nSPS) is 9.58. The number of nitro benzene ring substituents is 1. The van der Waals surface area contributed by atoms with E-state index in [9.17, 15) is 19.7 Å². The number of carbonyl (C=O) groups is 2. The van der Waals surface area contributed by atoms with Crippen LogP contribution in [0.15, 0.2) is 24.3 Å². The van der Waals surface area contributed by atoms with Crippen molar-refractivity contribution in [3.05, 3.63) is 37.9 Å². The molecule has 0 atom stereocenters. The first-order valence-corrected chi connectivity index (χ1v) is 7.08. The van der Waals surface area contributed by atoms with Crippen molar-refractivity contribution >= 4 is 41.9 Å². The Hall–Kier alpha value is -1.84. The maximum atomic E-state index is 11.5. The predicted octanol–water partition coefficient (Wildman–Crippen LogP) is 1.25. The average molecular weight is 379 g/mol. The number of nitrogens with zero attached hydrogens (tertiary/aromatic N) is 1. The Balaban J connectivity index is 3.34. The first-order valence-electron chi connectivity index (χ1n) is 4.93. The van der Waals surface area contributed by atoms with Gasteiger partial charge in [0.15, 0.2) is 3.51 Å². The largest absolute Gasteiger partial charge is 0.465 e. The molecule has 1 aromatic rings. The van der Waals surface area contributed by atoms with Crippen LogP contribution in [0.2, 0.25) is 0 Å². The number of ether oxygens (including phenoxy) is 2. The van der Waals surface area contributed by atoms with Gasteiger partial charge in [-0.2, -0.15) is 0 Å². The summed E-state index contributed by atoms with van der Waals surface area (Å²) < 4.78 is 9.14. The fraction of sp³-hybridized carbons (Fsp3) is 0.182. The van der Waals surface area contributed by atoms with Crippen molar-refractivity contribution in [3.63, 3.8) is 0 Å². The van der Waals surface area contributed by atoms with Crippen molar-refractivity contribution in [2.45, 2.75) is 0 Å². The number of halogens is 1. The third-order valence-corrected chi connectivity index (χ3v) is 4.89. The molecule has 0 unspecified atom stereocenters. The number of benzene rings is 1. The van der Waals surface area contributed by atoms with Crippen LogP contribution in [0.5, 0.6) is 0 Å². The Kier molecular flexibility index (Phi) is 5.55. The molecule has 0 aliphatic rings.